The lowest BCUT2D eigenvalue weighted by atomic mass is 10.0. The van der Waals surface area contributed by atoms with E-state index in [0.29, 0.717) is 6.54 Å². The van der Waals surface area contributed by atoms with Crippen LogP contribution in [-0.4, -0.2) is 49.7 Å². The van der Waals surface area contributed by atoms with E-state index in [1.54, 1.807) is 23.1 Å². The van der Waals surface area contributed by atoms with Crippen molar-refractivity contribution in [1.82, 2.24) is 19.7 Å². The summed E-state index contributed by atoms with van der Waals surface area (Å²) in [5, 5.41) is 13.0. The van der Waals surface area contributed by atoms with Crippen molar-refractivity contribution in [1.29, 1.82) is 0 Å². The second-order valence-corrected chi connectivity index (χ2v) is 5.69. The Morgan fingerprint density at radius 1 is 1.26 bits per heavy atom. The van der Waals surface area contributed by atoms with Crippen LogP contribution in [0.5, 0.6) is 0 Å². The zero-order valence-electron chi connectivity index (χ0n) is 12.6. The van der Waals surface area contributed by atoms with E-state index in [1.807, 2.05) is 4.90 Å². The van der Waals surface area contributed by atoms with Gasteiger partial charge in [0.25, 0.3) is 0 Å². The lowest BCUT2D eigenvalue weighted by Crippen LogP contribution is -2.41. The number of aromatic carboxylic acids is 1. The maximum absolute atomic E-state index is 12.5. The van der Waals surface area contributed by atoms with Crippen molar-refractivity contribution in [3.63, 3.8) is 0 Å². The molecule has 1 aliphatic rings. The second kappa shape index (κ2) is 6.60. The zero-order valence-corrected chi connectivity index (χ0v) is 12.6. The van der Waals surface area contributed by atoms with Crippen LogP contribution in [0.1, 0.15) is 34.8 Å². The Morgan fingerprint density at radius 3 is 2.70 bits per heavy atom. The molecule has 1 aliphatic heterocycles. The first-order valence-electron chi connectivity index (χ1n) is 7.57. The number of hydrogen-bond acceptors (Lipinski definition) is 4. The molecule has 1 aromatic heterocycles. The summed E-state index contributed by atoms with van der Waals surface area (Å²) < 4.78 is 1.81. The molecule has 1 aromatic carbocycles. The van der Waals surface area contributed by atoms with Crippen molar-refractivity contribution in [3.8, 4) is 0 Å². The minimum Gasteiger partial charge on any atom is -0.478 e. The summed E-state index contributed by atoms with van der Waals surface area (Å²) in [7, 11) is 0. The highest BCUT2D eigenvalue weighted by Gasteiger charge is 2.25. The van der Waals surface area contributed by atoms with Crippen molar-refractivity contribution >= 4 is 11.9 Å². The number of nitrogens with zero attached hydrogens (tertiary/aromatic N) is 4. The first-order valence-corrected chi connectivity index (χ1v) is 7.57. The molecule has 1 unspecified atom stereocenters. The third-order valence-corrected chi connectivity index (χ3v) is 4.12. The molecule has 0 aliphatic carbocycles. The minimum absolute atomic E-state index is 0.0536. The predicted molar refractivity (Wildman–Crippen MR) is 82.0 cm³/mol. The van der Waals surface area contributed by atoms with Gasteiger partial charge in [-0.1, -0.05) is 12.1 Å². The van der Waals surface area contributed by atoms with Crippen LogP contribution in [0.4, 0.5) is 0 Å². The molecule has 3 rings (SSSR count). The summed E-state index contributed by atoms with van der Waals surface area (Å²) in [5.41, 5.74) is 1.05. The summed E-state index contributed by atoms with van der Waals surface area (Å²) in [6.07, 6.45) is 5.40. The number of aromatic nitrogens is 3. The Balaban J connectivity index is 1.62. The Hall–Kier alpha value is -2.70. The van der Waals surface area contributed by atoms with E-state index in [2.05, 4.69) is 10.1 Å². The minimum atomic E-state index is -0.963. The van der Waals surface area contributed by atoms with Crippen LogP contribution < -0.4 is 0 Å². The molecule has 2 aromatic rings. The van der Waals surface area contributed by atoms with Crippen LogP contribution in [0.3, 0.4) is 0 Å². The molecule has 7 nitrogen and oxygen atoms in total. The fourth-order valence-corrected chi connectivity index (χ4v) is 2.85. The summed E-state index contributed by atoms with van der Waals surface area (Å²) in [6, 6.07) is 6.61. The largest absolute Gasteiger partial charge is 0.478 e. The Bertz CT molecular complexity index is 682. The van der Waals surface area contributed by atoms with E-state index in [-0.39, 0.29) is 23.9 Å². The number of carbonyl (C=O) groups is 2. The summed E-state index contributed by atoms with van der Waals surface area (Å²) in [6.45, 7) is 1.38. The smallest absolute Gasteiger partial charge is 0.335 e. The number of piperidine rings is 1. The zero-order chi connectivity index (χ0) is 16.2. The molecule has 1 atom stereocenters. The standard InChI is InChI=1S/C16H18N4O3/c21-15(8-12-3-5-13(6-4-12)16(22)23)19-7-1-2-14(9-19)20-11-17-10-18-20/h3-6,10-11,14H,1-2,7-9H2,(H,22,23). The van der Waals surface area contributed by atoms with Crippen LogP contribution >= 0.6 is 0 Å². The van der Waals surface area contributed by atoms with Gasteiger partial charge in [-0.05, 0) is 30.5 Å². The van der Waals surface area contributed by atoms with E-state index in [0.717, 1.165) is 24.9 Å². The molecule has 1 fully saturated rings. The van der Waals surface area contributed by atoms with E-state index in [9.17, 15) is 9.59 Å². The maximum Gasteiger partial charge on any atom is 0.335 e. The van der Waals surface area contributed by atoms with Crippen LogP contribution in [0, 0.1) is 0 Å². The average Bonchev–Trinajstić information content (AvgIpc) is 3.10. The number of amides is 1. The van der Waals surface area contributed by atoms with Gasteiger partial charge in [-0.3, -0.25) is 4.79 Å². The highest BCUT2D eigenvalue weighted by molar-refractivity contribution is 5.87. The molecular weight excluding hydrogens is 296 g/mol. The van der Waals surface area contributed by atoms with Gasteiger partial charge in [0, 0.05) is 13.1 Å². The molecule has 1 N–H and O–H groups in total. The molecule has 7 heteroatoms. The van der Waals surface area contributed by atoms with Crippen LogP contribution in [0.2, 0.25) is 0 Å². The highest BCUT2D eigenvalue weighted by atomic mass is 16.4. The number of hydrogen-bond donors (Lipinski definition) is 1. The lowest BCUT2D eigenvalue weighted by Gasteiger charge is -2.32. The molecule has 23 heavy (non-hydrogen) atoms. The molecule has 2 heterocycles. The summed E-state index contributed by atoms with van der Waals surface area (Å²) >= 11 is 0. The molecule has 1 amide bonds. The molecule has 0 bridgehead atoms. The molecule has 0 spiro atoms. The maximum atomic E-state index is 12.5. The summed E-state index contributed by atoms with van der Waals surface area (Å²) in [4.78, 5) is 29.1. The van der Waals surface area contributed by atoms with Gasteiger partial charge in [0.15, 0.2) is 0 Å². The van der Waals surface area contributed by atoms with Gasteiger partial charge in [-0.25, -0.2) is 14.5 Å². The first kappa shape index (κ1) is 15.2. The van der Waals surface area contributed by atoms with Gasteiger partial charge in [0.2, 0.25) is 5.91 Å². The first-order chi connectivity index (χ1) is 11.1. The van der Waals surface area contributed by atoms with Gasteiger partial charge in [-0.15, -0.1) is 0 Å². The fraction of sp³-hybridized carbons (Fsp3) is 0.375. The van der Waals surface area contributed by atoms with Gasteiger partial charge in [-0.2, -0.15) is 5.10 Å². The van der Waals surface area contributed by atoms with Crippen LogP contribution in [-0.2, 0) is 11.2 Å². The van der Waals surface area contributed by atoms with Gasteiger partial charge >= 0.3 is 5.97 Å². The van der Waals surface area contributed by atoms with Gasteiger partial charge in [0.05, 0.1) is 18.0 Å². The highest BCUT2D eigenvalue weighted by Crippen LogP contribution is 2.21. The monoisotopic (exact) mass is 314 g/mol. The van der Waals surface area contributed by atoms with E-state index >= 15 is 0 Å². The van der Waals surface area contributed by atoms with E-state index in [1.165, 1.54) is 18.5 Å². The molecule has 120 valence electrons. The van der Waals surface area contributed by atoms with Crippen molar-refractivity contribution < 1.29 is 14.7 Å². The molecule has 0 saturated carbocycles. The number of carboxylic acid groups (broad SMARTS) is 1. The Morgan fingerprint density at radius 2 is 2.04 bits per heavy atom. The predicted octanol–water partition coefficient (Wildman–Crippen LogP) is 1.38. The number of rotatable bonds is 4. The van der Waals surface area contributed by atoms with E-state index < -0.39 is 5.97 Å². The van der Waals surface area contributed by atoms with Gasteiger partial charge in [0.1, 0.15) is 12.7 Å². The number of likely N-dealkylation sites (tertiary alicyclic amines) is 1. The van der Waals surface area contributed by atoms with Crippen molar-refractivity contribution in [3.05, 3.63) is 48.0 Å². The Kier molecular flexibility index (Phi) is 4.36. The molecule has 1 saturated heterocycles. The lowest BCUT2D eigenvalue weighted by molar-refractivity contribution is -0.132. The Labute approximate surface area is 133 Å². The topological polar surface area (TPSA) is 88.3 Å². The van der Waals surface area contributed by atoms with E-state index in [4.69, 9.17) is 5.11 Å². The quantitative estimate of drug-likeness (QED) is 0.921. The van der Waals surface area contributed by atoms with Crippen molar-refractivity contribution in [2.24, 2.45) is 0 Å². The van der Waals surface area contributed by atoms with Gasteiger partial charge < -0.3 is 10.0 Å². The van der Waals surface area contributed by atoms with Crippen molar-refractivity contribution in [2.75, 3.05) is 13.1 Å². The van der Waals surface area contributed by atoms with Crippen LogP contribution in [0.25, 0.3) is 0 Å². The number of benzene rings is 1. The van der Waals surface area contributed by atoms with Crippen LogP contribution in [0.15, 0.2) is 36.9 Å². The normalized spacial score (nSPS) is 17.9. The SMILES string of the molecule is O=C(O)c1ccc(CC(=O)N2CCCC(n3cncn3)C2)cc1. The third-order valence-electron chi connectivity index (χ3n) is 4.12. The average molecular weight is 314 g/mol. The van der Waals surface area contributed by atoms with Crippen molar-refractivity contribution in [2.45, 2.75) is 25.3 Å². The number of carboxylic acids is 1. The molecule has 0 radical (unpaired) electrons. The summed E-state index contributed by atoms with van der Waals surface area (Å²) in [5.74, 6) is -0.910. The molecular formula is C16H18N4O3. The number of carbonyl (C=O) groups excluding carboxylic acids is 1. The third kappa shape index (κ3) is 3.56. The fourth-order valence-electron chi connectivity index (χ4n) is 2.85. The second-order valence-electron chi connectivity index (χ2n) is 5.69.